The van der Waals surface area contributed by atoms with Crippen LogP contribution in [0, 0.1) is 11.6 Å². The van der Waals surface area contributed by atoms with Crippen LogP contribution >= 0.6 is 0 Å². The van der Waals surface area contributed by atoms with Crippen LogP contribution in [-0.4, -0.2) is 30.8 Å². The third kappa shape index (κ3) is 5.61. The van der Waals surface area contributed by atoms with Crippen LogP contribution in [0.2, 0.25) is 0 Å². The van der Waals surface area contributed by atoms with Gasteiger partial charge in [0.1, 0.15) is 18.2 Å². The molecule has 3 rings (SSSR count). The third-order valence-corrected chi connectivity index (χ3v) is 4.63. The van der Waals surface area contributed by atoms with Crippen molar-refractivity contribution in [1.82, 2.24) is 0 Å². The van der Waals surface area contributed by atoms with Crippen molar-refractivity contribution in [3.05, 3.63) is 96.1 Å². The highest BCUT2D eigenvalue weighted by Crippen LogP contribution is 2.19. The molecule has 0 spiro atoms. The van der Waals surface area contributed by atoms with Crippen molar-refractivity contribution in [2.24, 2.45) is 5.73 Å². The Balaban J connectivity index is 1.91. The van der Waals surface area contributed by atoms with Gasteiger partial charge in [0, 0.05) is 11.8 Å². The summed E-state index contributed by atoms with van der Waals surface area (Å²) in [5, 5.41) is 0. The largest absolute Gasteiger partial charge is 0.322 e. The van der Waals surface area contributed by atoms with E-state index in [4.69, 9.17) is 5.73 Å². The lowest BCUT2D eigenvalue weighted by Gasteiger charge is -2.26. The van der Waals surface area contributed by atoms with Crippen molar-refractivity contribution < 1.29 is 23.2 Å². The summed E-state index contributed by atoms with van der Waals surface area (Å²) in [6, 6.07) is 19.4. The fourth-order valence-electron chi connectivity index (χ4n) is 3.22. The van der Waals surface area contributed by atoms with Crippen LogP contribution in [-0.2, 0) is 20.8 Å². The number of nitrogens with zero attached hydrogens (tertiary/aromatic N) is 2. The normalized spacial score (nSPS) is 10.5. The van der Waals surface area contributed by atoms with Crippen LogP contribution in [0.1, 0.15) is 5.56 Å². The lowest BCUT2D eigenvalue weighted by atomic mass is 10.1. The molecule has 3 aromatic carbocycles. The molecule has 0 aliphatic heterocycles. The van der Waals surface area contributed by atoms with Crippen molar-refractivity contribution >= 4 is 29.1 Å². The number of anilines is 2. The molecular weight excluding hydrogens is 416 g/mol. The lowest BCUT2D eigenvalue weighted by molar-refractivity contribution is -0.126. The first-order valence-corrected chi connectivity index (χ1v) is 9.80. The number of hydrogen-bond donors (Lipinski definition) is 1. The van der Waals surface area contributed by atoms with Crippen molar-refractivity contribution in [3.63, 3.8) is 0 Å². The number of rotatable bonds is 7. The Hall–Kier alpha value is -3.91. The van der Waals surface area contributed by atoms with E-state index in [0.717, 1.165) is 17.0 Å². The molecule has 0 radical (unpaired) electrons. The molecule has 0 aliphatic rings. The van der Waals surface area contributed by atoms with E-state index in [2.05, 4.69) is 0 Å². The van der Waals surface area contributed by atoms with Gasteiger partial charge in [-0.05, 0) is 42.0 Å². The molecule has 3 aromatic rings. The number of nitrogens with two attached hydrogens (primary N) is 1. The van der Waals surface area contributed by atoms with E-state index in [0.29, 0.717) is 17.4 Å². The molecule has 0 unspecified atom stereocenters. The van der Waals surface area contributed by atoms with E-state index in [1.54, 1.807) is 60.7 Å². The van der Waals surface area contributed by atoms with Gasteiger partial charge in [0.25, 0.3) is 5.91 Å². The maximum absolute atomic E-state index is 13.6. The van der Waals surface area contributed by atoms with Crippen LogP contribution in [0.5, 0.6) is 0 Å². The minimum absolute atomic E-state index is 0.124. The maximum atomic E-state index is 13.6. The fraction of sp³-hybridized carbons (Fsp3) is 0.125. The smallest absolute Gasteiger partial charge is 0.253 e. The number of benzene rings is 3. The standard InChI is InChI=1S/C24H21F2N3O3/c25-18-11-17(12-19(26)14-18)13-22(30)28(20-7-3-1-4-8-20)16-24(32)29(23(31)15-27)21-9-5-2-6-10-21/h1-12,14H,13,15-16,27H2. The molecule has 0 aliphatic carbocycles. The summed E-state index contributed by atoms with van der Waals surface area (Å²) >= 11 is 0. The predicted molar refractivity (Wildman–Crippen MR) is 117 cm³/mol. The van der Waals surface area contributed by atoms with Crippen molar-refractivity contribution in [2.75, 3.05) is 22.9 Å². The number of para-hydroxylation sites is 2. The molecular formula is C24H21F2N3O3. The van der Waals surface area contributed by atoms with E-state index in [1.165, 1.54) is 4.90 Å². The van der Waals surface area contributed by atoms with Gasteiger partial charge in [-0.15, -0.1) is 0 Å². The molecule has 0 heterocycles. The Labute approximate surface area is 183 Å². The minimum Gasteiger partial charge on any atom is -0.322 e. The molecule has 0 bridgehead atoms. The Kier molecular flexibility index (Phi) is 7.41. The van der Waals surface area contributed by atoms with E-state index >= 15 is 0 Å². The number of carbonyl (C=O) groups excluding carboxylic acids is 3. The molecule has 3 amide bonds. The average molecular weight is 437 g/mol. The molecule has 8 heteroatoms. The fourth-order valence-corrected chi connectivity index (χ4v) is 3.22. The topological polar surface area (TPSA) is 83.7 Å². The molecule has 0 atom stereocenters. The first-order valence-electron chi connectivity index (χ1n) is 9.80. The van der Waals surface area contributed by atoms with E-state index < -0.39 is 42.4 Å². The van der Waals surface area contributed by atoms with Crippen molar-refractivity contribution in [3.8, 4) is 0 Å². The summed E-state index contributed by atoms with van der Waals surface area (Å²) < 4.78 is 27.1. The number of amides is 3. The molecule has 0 saturated carbocycles. The average Bonchev–Trinajstić information content (AvgIpc) is 2.78. The zero-order valence-corrected chi connectivity index (χ0v) is 17.1. The van der Waals surface area contributed by atoms with Crippen LogP contribution in [0.25, 0.3) is 0 Å². The molecule has 2 N–H and O–H groups in total. The van der Waals surface area contributed by atoms with Gasteiger partial charge in [-0.1, -0.05) is 36.4 Å². The lowest BCUT2D eigenvalue weighted by Crippen LogP contribution is -2.48. The molecule has 32 heavy (non-hydrogen) atoms. The van der Waals surface area contributed by atoms with E-state index in [9.17, 15) is 23.2 Å². The van der Waals surface area contributed by atoms with Gasteiger partial charge >= 0.3 is 0 Å². The number of imide groups is 1. The Morgan fingerprint density at radius 2 is 1.25 bits per heavy atom. The molecule has 164 valence electrons. The third-order valence-electron chi connectivity index (χ3n) is 4.63. The van der Waals surface area contributed by atoms with Gasteiger partial charge in [0.15, 0.2) is 0 Å². The van der Waals surface area contributed by atoms with Gasteiger partial charge in [-0.25, -0.2) is 13.7 Å². The van der Waals surface area contributed by atoms with Crippen LogP contribution < -0.4 is 15.5 Å². The Bertz CT molecular complexity index is 1090. The highest BCUT2D eigenvalue weighted by Gasteiger charge is 2.27. The predicted octanol–water partition coefficient (Wildman–Crippen LogP) is 3.06. The van der Waals surface area contributed by atoms with Gasteiger partial charge in [-0.3, -0.25) is 14.4 Å². The van der Waals surface area contributed by atoms with E-state index in [1.807, 2.05) is 0 Å². The zero-order valence-electron chi connectivity index (χ0n) is 17.1. The van der Waals surface area contributed by atoms with Crippen LogP contribution in [0.3, 0.4) is 0 Å². The number of halogens is 2. The summed E-state index contributed by atoms with van der Waals surface area (Å²) in [6.45, 7) is -0.871. The summed E-state index contributed by atoms with van der Waals surface area (Å²) in [7, 11) is 0. The summed E-state index contributed by atoms with van der Waals surface area (Å²) in [5.74, 6) is -3.48. The SMILES string of the molecule is NCC(=O)N(C(=O)CN(C(=O)Cc1cc(F)cc(F)c1)c1ccccc1)c1ccccc1. The molecule has 0 saturated heterocycles. The molecule has 0 fully saturated rings. The monoisotopic (exact) mass is 437 g/mol. The summed E-state index contributed by atoms with van der Waals surface area (Å²) in [4.78, 5) is 40.7. The van der Waals surface area contributed by atoms with E-state index in [-0.39, 0.29) is 12.0 Å². The van der Waals surface area contributed by atoms with Gasteiger partial charge in [-0.2, -0.15) is 0 Å². The van der Waals surface area contributed by atoms with Crippen LogP contribution in [0.15, 0.2) is 78.9 Å². The second-order valence-corrected chi connectivity index (χ2v) is 6.93. The van der Waals surface area contributed by atoms with Gasteiger partial charge < -0.3 is 10.6 Å². The van der Waals surface area contributed by atoms with Gasteiger partial charge in [0.2, 0.25) is 11.8 Å². The highest BCUT2D eigenvalue weighted by atomic mass is 19.1. The van der Waals surface area contributed by atoms with Crippen LogP contribution in [0.4, 0.5) is 20.2 Å². The minimum atomic E-state index is -0.807. The molecule has 0 aromatic heterocycles. The first-order chi connectivity index (χ1) is 15.4. The highest BCUT2D eigenvalue weighted by molar-refractivity contribution is 6.18. The Morgan fingerprint density at radius 3 is 1.78 bits per heavy atom. The summed E-state index contributed by atoms with van der Waals surface area (Å²) in [6.07, 6.45) is -0.340. The second kappa shape index (κ2) is 10.4. The maximum Gasteiger partial charge on any atom is 0.253 e. The van der Waals surface area contributed by atoms with Crippen molar-refractivity contribution in [1.29, 1.82) is 0 Å². The van der Waals surface area contributed by atoms with Crippen molar-refractivity contribution in [2.45, 2.75) is 6.42 Å². The zero-order chi connectivity index (χ0) is 23.1. The second-order valence-electron chi connectivity index (χ2n) is 6.93. The summed E-state index contributed by atoms with van der Waals surface area (Å²) in [5.41, 5.74) is 6.33. The first kappa shape index (κ1) is 22.8. The Morgan fingerprint density at radius 1 is 0.719 bits per heavy atom. The van der Waals surface area contributed by atoms with Gasteiger partial charge in [0.05, 0.1) is 18.7 Å². The quantitative estimate of drug-likeness (QED) is 0.616. The number of carbonyl (C=O) groups is 3. The number of hydrogen-bond acceptors (Lipinski definition) is 4. The molecule has 6 nitrogen and oxygen atoms in total.